The van der Waals surface area contributed by atoms with Gasteiger partial charge in [0.2, 0.25) is 11.8 Å². The standard InChI is InChI=1S/C32H39N3O4S/c1-3-30(32(37)33-27-14-10-11-15-27)34(23-22-26-12-6-4-7-13-26)31(36)24-35(28-16-8-5-9-17-28)40(38,39)29-20-18-25(2)19-21-29/h4-9,12-13,16-21,27,30H,3,10-11,14-15,22-24H2,1-2H3,(H,33,37)/t30-/m1/s1. The summed E-state index contributed by atoms with van der Waals surface area (Å²) >= 11 is 0. The second kappa shape index (κ2) is 13.6. The van der Waals surface area contributed by atoms with Crippen molar-refractivity contribution < 1.29 is 18.0 Å². The minimum absolute atomic E-state index is 0.108. The van der Waals surface area contributed by atoms with Gasteiger partial charge in [-0.25, -0.2) is 8.42 Å². The van der Waals surface area contributed by atoms with Crippen LogP contribution >= 0.6 is 0 Å². The number of benzene rings is 3. The van der Waals surface area contributed by atoms with Gasteiger partial charge in [0.05, 0.1) is 10.6 Å². The smallest absolute Gasteiger partial charge is 0.264 e. The van der Waals surface area contributed by atoms with Gasteiger partial charge in [-0.15, -0.1) is 0 Å². The zero-order valence-electron chi connectivity index (χ0n) is 23.3. The maximum absolute atomic E-state index is 14.1. The first-order valence-electron chi connectivity index (χ1n) is 14.1. The number of rotatable bonds is 12. The van der Waals surface area contributed by atoms with Gasteiger partial charge in [-0.1, -0.05) is 86.0 Å². The molecule has 0 aliphatic heterocycles. The number of anilines is 1. The molecule has 0 radical (unpaired) electrons. The van der Waals surface area contributed by atoms with Gasteiger partial charge in [-0.3, -0.25) is 13.9 Å². The highest BCUT2D eigenvalue weighted by Crippen LogP contribution is 2.25. The molecule has 1 fully saturated rings. The van der Waals surface area contributed by atoms with Gasteiger partial charge in [0.1, 0.15) is 12.6 Å². The van der Waals surface area contributed by atoms with Crippen LogP contribution in [-0.4, -0.2) is 50.3 Å². The molecule has 0 saturated heterocycles. The molecule has 0 bridgehead atoms. The van der Waals surface area contributed by atoms with E-state index >= 15 is 0 Å². The van der Waals surface area contributed by atoms with E-state index in [2.05, 4.69) is 5.32 Å². The SMILES string of the molecule is CC[C@H](C(=O)NC1CCCC1)N(CCc1ccccc1)C(=O)CN(c1ccccc1)S(=O)(=O)c1ccc(C)cc1. The molecule has 1 saturated carbocycles. The molecule has 7 nitrogen and oxygen atoms in total. The molecule has 8 heteroatoms. The maximum atomic E-state index is 14.1. The molecule has 1 N–H and O–H groups in total. The highest BCUT2D eigenvalue weighted by molar-refractivity contribution is 7.92. The van der Waals surface area contributed by atoms with Gasteiger partial charge >= 0.3 is 0 Å². The van der Waals surface area contributed by atoms with Crippen LogP contribution in [0.1, 0.15) is 50.2 Å². The molecule has 1 aliphatic carbocycles. The van der Waals surface area contributed by atoms with E-state index in [1.807, 2.05) is 44.2 Å². The van der Waals surface area contributed by atoms with Gasteiger partial charge < -0.3 is 10.2 Å². The van der Waals surface area contributed by atoms with Crippen molar-refractivity contribution in [3.63, 3.8) is 0 Å². The molecule has 0 heterocycles. The number of amides is 2. The number of carbonyl (C=O) groups excluding carboxylic acids is 2. The molecule has 1 atom stereocenters. The van der Waals surface area contributed by atoms with E-state index in [-0.39, 0.29) is 16.8 Å². The fraction of sp³-hybridized carbons (Fsp3) is 0.375. The molecule has 1 aliphatic rings. The third-order valence-electron chi connectivity index (χ3n) is 7.50. The van der Waals surface area contributed by atoms with Crippen molar-refractivity contribution in [1.82, 2.24) is 10.2 Å². The van der Waals surface area contributed by atoms with Crippen LogP contribution in [0.4, 0.5) is 5.69 Å². The Kier molecular flexibility index (Phi) is 9.98. The van der Waals surface area contributed by atoms with E-state index in [0.717, 1.165) is 41.1 Å². The fourth-order valence-corrected chi connectivity index (χ4v) is 6.64. The topological polar surface area (TPSA) is 86.8 Å². The average Bonchev–Trinajstić information content (AvgIpc) is 3.48. The summed E-state index contributed by atoms with van der Waals surface area (Å²) in [5, 5.41) is 3.15. The van der Waals surface area contributed by atoms with Crippen LogP contribution in [0.3, 0.4) is 0 Å². The third-order valence-corrected chi connectivity index (χ3v) is 9.29. The molecule has 3 aromatic rings. The summed E-state index contributed by atoms with van der Waals surface area (Å²) < 4.78 is 28.9. The maximum Gasteiger partial charge on any atom is 0.264 e. The summed E-state index contributed by atoms with van der Waals surface area (Å²) in [6.07, 6.45) is 5.03. The van der Waals surface area contributed by atoms with Crippen molar-refractivity contribution in [3.8, 4) is 0 Å². The van der Waals surface area contributed by atoms with E-state index in [1.165, 1.54) is 0 Å². The summed E-state index contributed by atoms with van der Waals surface area (Å²) in [5.74, 6) is -0.590. The summed E-state index contributed by atoms with van der Waals surface area (Å²) in [6, 6.07) is 24.5. The third kappa shape index (κ3) is 7.30. The van der Waals surface area contributed by atoms with Crippen LogP contribution in [0.25, 0.3) is 0 Å². The van der Waals surface area contributed by atoms with E-state index in [1.54, 1.807) is 59.5 Å². The van der Waals surface area contributed by atoms with Crippen molar-refractivity contribution in [2.24, 2.45) is 0 Å². The number of nitrogens with zero attached hydrogens (tertiary/aromatic N) is 2. The van der Waals surface area contributed by atoms with Gasteiger partial charge in [-0.2, -0.15) is 0 Å². The quantitative estimate of drug-likeness (QED) is 0.333. The predicted octanol–water partition coefficient (Wildman–Crippen LogP) is 5.10. The Morgan fingerprint density at radius 1 is 0.900 bits per heavy atom. The van der Waals surface area contributed by atoms with Crippen LogP contribution < -0.4 is 9.62 Å². The lowest BCUT2D eigenvalue weighted by Gasteiger charge is -2.33. The van der Waals surface area contributed by atoms with Crippen LogP contribution in [0.2, 0.25) is 0 Å². The number of aryl methyl sites for hydroxylation is 1. The molecule has 4 rings (SSSR count). The molecule has 40 heavy (non-hydrogen) atoms. The van der Waals surface area contributed by atoms with Crippen LogP contribution in [0, 0.1) is 6.92 Å². The molecular formula is C32H39N3O4S. The van der Waals surface area contributed by atoms with E-state index in [0.29, 0.717) is 25.1 Å². The first-order chi connectivity index (χ1) is 19.3. The van der Waals surface area contributed by atoms with Crippen molar-refractivity contribution in [2.75, 3.05) is 17.4 Å². The molecular weight excluding hydrogens is 522 g/mol. The van der Waals surface area contributed by atoms with Gasteiger partial charge in [0.15, 0.2) is 0 Å². The molecule has 2 amide bonds. The van der Waals surface area contributed by atoms with Crippen LogP contribution in [0.15, 0.2) is 89.8 Å². The number of para-hydroxylation sites is 1. The van der Waals surface area contributed by atoms with Crippen LogP contribution in [-0.2, 0) is 26.0 Å². The van der Waals surface area contributed by atoms with Crippen molar-refractivity contribution in [1.29, 1.82) is 0 Å². The summed E-state index contributed by atoms with van der Waals surface area (Å²) in [6.45, 7) is 3.66. The summed E-state index contributed by atoms with van der Waals surface area (Å²) in [5.41, 5.74) is 2.37. The second-order valence-corrected chi connectivity index (χ2v) is 12.3. The van der Waals surface area contributed by atoms with Crippen molar-refractivity contribution >= 4 is 27.5 Å². The van der Waals surface area contributed by atoms with E-state index in [4.69, 9.17) is 0 Å². The number of nitrogens with one attached hydrogen (secondary N) is 1. The molecule has 0 aromatic heterocycles. The molecule has 212 valence electrons. The summed E-state index contributed by atoms with van der Waals surface area (Å²) in [7, 11) is -4.05. The Morgan fingerprint density at radius 2 is 1.50 bits per heavy atom. The minimum atomic E-state index is -4.05. The number of sulfonamides is 1. The van der Waals surface area contributed by atoms with Crippen molar-refractivity contribution in [2.45, 2.75) is 69.4 Å². The van der Waals surface area contributed by atoms with E-state index < -0.39 is 28.5 Å². The number of hydrogen-bond acceptors (Lipinski definition) is 4. The fourth-order valence-electron chi connectivity index (χ4n) is 5.22. The van der Waals surface area contributed by atoms with Crippen molar-refractivity contribution in [3.05, 3.63) is 96.1 Å². The zero-order chi connectivity index (χ0) is 28.5. The number of carbonyl (C=O) groups is 2. The monoisotopic (exact) mass is 561 g/mol. The molecule has 0 unspecified atom stereocenters. The van der Waals surface area contributed by atoms with Crippen LogP contribution in [0.5, 0.6) is 0 Å². The highest BCUT2D eigenvalue weighted by Gasteiger charge is 2.34. The normalized spacial score (nSPS) is 14.4. The highest BCUT2D eigenvalue weighted by atomic mass is 32.2. The van der Waals surface area contributed by atoms with Gasteiger partial charge in [0, 0.05) is 12.6 Å². The molecule has 0 spiro atoms. The average molecular weight is 562 g/mol. The molecule has 3 aromatic carbocycles. The second-order valence-electron chi connectivity index (χ2n) is 10.4. The van der Waals surface area contributed by atoms with Gasteiger partial charge in [0.25, 0.3) is 10.0 Å². The number of hydrogen-bond donors (Lipinski definition) is 1. The largest absolute Gasteiger partial charge is 0.352 e. The Bertz CT molecular complexity index is 1360. The Balaban J connectivity index is 1.65. The predicted molar refractivity (Wildman–Crippen MR) is 158 cm³/mol. The Labute approximate surface area is 238 Å². The Morgan fingerprint density at radius 3 is 2.10 bits per heavy atom. The Hall–Kier alpha value is -3.65. The lowest BCUT2D eigenvalue weighted by molar-refractivity contribution is -0.139. The lowest BCUT2D eigenvalue weighted by Crippen LogP contribution is -2.54. The zero-order valence-corrected chi connectivity index (χ0v) is 24.1. The lowest BCUT2D eigenvalue weighted by atomic mass is 10.1. The minimum Gasteiger partial charge on any atom is -0.352 e. The first-order valence-corrected chi connectivity index (χ1v) is 15.5. The first kappa shape index (κ1) is 29.3. The van der Waals surface area contributed by atoms with E-state index in [9.17, 15) is 18.0 Å². The summed E-state index contributed by atoms with van der Waals surface area (Å²) in [4.78, 5) is 29.2. The van der Waals surface area contributed by atoms with Gasteiger partial charge in [-0.05, 0) is 62.4 Å².